The molecule has 17 heavy (non-hydrogen) atoms. The summed E-state index contributed by atoms with van der Waals surface area (Å²) in [5, 5.41) is 7.21. The number of hydrogen-bond donors (Lipinski definition) is 1. The first-order valence-corrected chi connectivity index (χ1v) is 5.65. The van der Waals surface area contributed by atoms with Gasteiger partial charge in [-0.25, -0.2) is 0 Å². The van der Waals surface area contributed by atoms with Gasteiger partial charge in [-0.2, -0.15) is 18.3 Å². The summed E-state index contributed by atoms with van der Waals surface area (Å²) >= 11 is 0. The van der Waals surface area contributed by atoms with Gasteiger partial charge in [0.2, 0.25) is 0 Å². The second-order valence-electron chi connectivity index (χ2n) is 4.13. The van der Waals surface area contributed by atoms with Crippen molar-refractivity contribution in [1.29, 1.82) is 0 Å². The van der Waals surface area contributed by atoms with Crippen LogP contribution in [0.2, 0.25) is 0 Å². The summed E-state index contributed by atoms with van der Waals surface area (Å²) in [6, 6.07) is 0. The number of nitrogens with one attached hydrogen (secondary N) is 1. The second-order valence-corrected chi connectivity index (χ2v) is 4.13. The van der Waals surface area contributed by atoms with Crippen molar-refractivity contribution in [3.8, 4) is 0 Å². The predicted molar refractivity (Wildman–Crippen MR) is 59.6 cm³/mol. The van der Waals surface area contributed by atoms with E-state index in [9.17, 15) is 13.2 Å². The average molecular weight is 249 g/mol. The van der Waals surface area contributed by atoms with E-state index in [2.05, 4.69) is 10.4 Å². The Bertz CT molecular complexity index is 344. The molecule has 3 nitrogen and oxygen atoms in total. The highest BCUT2D eigenvalue weighted by Gasteiger charge is 2.25. The molecule has 0 saturated carbocycles. The summed E-state index contributed by atoms with van der Waals surface area (Å²) in [7, 11) is 1.86. The Hall–Kier alpha value is -1.04. The molecule has 1 aromatic rings. The van der Waals surface area contributed by atoms with Gasteiger partial charge < -0.3 is 5.32 Å². The van der Waals surface area contributed by atoms with Crippen molar-refractivity contribution in [2.45, 2.75) is 38.9 Å². The highest BCUT2D eigenvalue weighted by atomic mass is 19.4. The molecular formula is C11H18F3N3. The summed E-state index contributed by atoms with van der Waals surface area (Å²) in [5.74, 6) is 0. The van der Waals surface area contributed by atoms with Crippen molar-refractivity contribution in [3.63, 3.8) is 0 Å². The van der Waals surface area contributed by atoms with Crippen LogP contribution < -0.4 is 5.32 Å². The van der Waals surface area contributed by atoms with E-state index in [0.717, 1.165) is 11.3 Å². The van der Waals surface area contributed by atoms with Crippen molar-refractivity contribution in [2.24, 2.45) is 7.05 Å². The van der Waals surface area contributed by atoms with Gasteiger partial charge in [-0.1, -0.05) is 0 Å². The maximum Gasteiger partial charge on any atom is 0.389 e. The fourth-order valence-electron chi connectivity index (χ4n) is 1.52. The first-order valence-electron chi connectivity index (χ1n) is 5.65. The summed E-state index contributed by atoms with van der Waals surface area (Å²) in [6.07, 6.45) is -2.22. The zero-order valence-electron chi connectivity index (χ0n) is 10.1. The van der Waals surface area contributed by atoms with Gasteiger partial charge in [0.05, 0.1) is 6.20 Å². The molecule has 0 aliphatic rings. The smallest absolute Gasteiger partial charge is 0.313 e. The number of hydrogen-bond acceptors (Lipinski definition) is 2. The van der Waals surface area contributed by atoms with Gasteiger partial charge >= 0.3 is 6.18 Å². The van der Waals surface area contributed by atoms with Gasteiger partial charge in [0, 0.05) is 31.3 Å². The zero-order chi connectivity index (χ0) is 12.9. The van der Waals surface area contributed by atoms with Gasteiger partial charge in [0.1, 0.15) is 0 Å². The quantitative estimate of drug-likeness (QED) is 0.785. The van der Waals surface area contributed by atoms with E-state index in [1.54, 1.807) is 10.9 Å². The van der Waals surface area contributed by atoms with Crippen molar-refractivity contribution >= 4 is 0 Å². The Morgan fingerprint density at radius 2 is 2.06 bits per heavy atom. The number of unbranched alkanes of at least 4 members (excludes halogenated alkanes) is 1. The van der Waals surface area contributed by atoms with E-state index in [1.165, 1.54) is 0 Å². The minimum atomic E-state index is -4.03. The minimum absolute atomic E-state index is 0.183. The molecule has 1 heterocycles. The van der Waals surface area contributed by atoms with Gasteiger partial charge in [-0.15, -0.1) is 0 Å². The van der Waals surface area contributed by atoms with Crippen LogP contribution in [0.5, 0.6) is 0 Å². The highest BCUT2D eigenvalue weighted by Crippen LogP contribution is 2.21. The van der Waals surface area contributed by atoms with Crippen molar-refractivity contribution in [1.82, 2.24) is 15.1 Å². The van der Waals surface area contributed by atoms with E-state index >= 15 is 0 Å². The lowest BCUT2D eigenvalue weighted by Gasteiger charge is -2.06. The van der Waals surface area contributed by atoms with Crippen LogP contribution in [0, 0.1) is 6.92 Å². The molecular weight excluding hydrogens is 231 g/mol. The van der Waals surface area contributed by atoms with Crippen molar-refractivity contribution < 1.29 is 13.2 Å². The topological polar surface area (TPSA) is 29.9 Å². The van der Waals surface area contributed by atoms with Gasteiger partial charge in [0.15, 0.2) is 0 Å². The second kappa shape index (κ2) is 6.05. The van der Waals surface area contributed by atoms with Crippen LogP contribution in [0.25, 0.3) is 0 Å². The van der Waals surface area contributed by atoms with Gasteiger partial charge in [0.25, 0.3) is 0 Å². The van der Waals surface area contributed by atoms with Crippen molar-refractivity contribution in [3.05, 3.63) is 17.5 Å². The molecule has 0 atom stereocenters. The maximum atomic E-state index is 11.9. The standard InChI is InChI=1S/C11H18F3N3/c1-9-10(8-16-17(9)2)7-15-6-4-3-5-11(12,13)14/h8,15H,3-7H2,1-2H3. The number of aromatic nitrogens is 2. The fraction of sp³-hybridized carbons (Fsp3) is 0.727. The summed E-state index contributed by atoms with van der Waals surface area (Å²) in [5.41, 5.74) is 2.16. The zero-order valence-corrected chi connectivity index (χ0v) is 10.1. The molecule has 0 amide bonds. The van der Waals surface area contributed by atoms with Crippen LogP contribution in [-0.2, 0) is 13.6 Å². The molecule has 0 aliphatic heterocycles. The molecule has 1 rings (SSSR count). The lowest BCUT2D eigenvalue weighted by Crippen LogP contribution is -2.16. The van der Waals surface area contributed by atoms with E-state index in [4.69, 9.17) is 0 Å². The fourth-order valence-corrected chi connectivity index (χ4v) is 1.52. The largest absolute Gasteiger partial charge is 0.389 e. The Morgan fingerprint density at radius 1 is 1.35 bits per heavy atom. The summed E-state index contributed by atoms with van der Waals surface area (Å²) in [4.78, 5) is 0. The van der Waals surface area contributed by atoms with E-state index in [0.29, 0.717) is 19.5 Å². The monoisotopic (exact) mass is 249 g/mol. The Labute approximate surface area is 99.0 Å². The molecule has 0 spiro atoms. The van der Waals surface area contributed by atoms with Crippen LogP contribution in [-0.4, -0.2) is 22.5 Å². The average Bonchev–Trinajstić information content (AvgIpc) is 2.53. The van der Waals surface area contributed by atoms with Crippen LogP contribution in [0.1, 0.15) is 30.5 Å². The van der Waals surface area contributed by atoms with Crippen LogP contribution in [0.4, 0.5) is 13.2 Å². The molecule has 0 bridgehead atoms. The number of alkyl halides is 3. The molecule has 0 saturated heterocycles. The number of halogens is 3. The third-order valence-electron chi connectivity index (χ3n) is 2.72. The maximum absolute atomic E-state index is 11.9. The van der Waals surface area contributed by atoms with E-state index in [1.807, 2.05) is 14.0 Å². The number of aryl methyl sites for hydroxylation is 1. The van der Waals surface area contributed by atoms with Crippen LogP contribution >= 0.6 is 0 Å². The Kier molecular flexibility index (Phi) is 4.99. The van der Waals surface area contributed by atoms with Crippen molar-refractivity contribution in [2.75, 3.05) is 6.54 Å². The lowest BCUT2D eigenvalue weighted by atomic mass is 10.2. The van der Waals surface area contributed by atoms with Gasteiger partial charge in [-0.3, -0.25) is 4.68 Å². The third-order valence-corrected chi connectivity index (χ3v) is 2.72. The number of rotatable bonds is 6. The Balaban J connectivity index is 2.11. The lowest BCUT2D eigenvalue weighted by molar-refractivity contribution is -0.135. The summed E-state index contributed by atoms with van der Waals surface area (Å²) in [6.45, 7) is 3.23. The molecule has 0 aliphatic carbocycles. The third kappa shape index (κ3) is 5.21. The molecule has 0 fully saturated rings. The van der Waals surface area contributed by atoms with Crippen LogP contribution in [0.3, 0.4) is 0 Å². The molecule has 0 unspecified atom stereocenters. The molecule has 6 heteroatoms. The van der Waals surface area contributed by atoms with Crippen LogP contribution in [0.15, 0.2) is 6.20 Å². The Morgan fingerprint density at radius 3 is 2.59 bits per heavy atom. The minimum Gasteiger partial charge on any atom is -0.313 e. The normalized spacial score (nSPS) is 12.1. The predicted octanol–water partition coefficient (Wildman–Crippen LogP) is 2.55. The first kappa shape index (κ1) is 14.0. The molecule has 0 aromatic carbocycles. The molecule has 0 radical (unpaired) electrons. The van der Waals surface area contributed by atoms with Gasteiger partial charge in [-0.05, 0) is 26.3 Å². The molecule has 1 aromatic heterocycles. The van der Waals surface area contributed by atoms with E-state index < -0.39 is 12.6 Å². The van der Waals surface area contributed by atoms with E-state index in [-0.39, 0.29) is 6.42 Å². The molecule has 98 valence electrons. The summed E-state index contributed by atoms with van der Waals surface area (Å²) < 4.78 is 37.3. The molecule has 1 N–H and O–H groups in total. The highest BCUT2D eigenvalue weighted by molar-refractivity contribution is 5.15. The number of nitrogens with zero attached hydrogens (tertiary/aromatic N) is 2. The first-order chi connectivity index (χ1) is 7.90. The SMILES string of the molecule is Cc1c(CNCCCCC(F)(F)F)cnn1C.